The van der Waals surface area contributed by atoms with E-state index < -0.39 is 17.3 Å². The predicted molar refractivity (Wildman–Crippen MR) is 134 cm³/mol. The van der Waals surface area contributed by atoms with Crippen LogP contribution in [0.5, 0.6) is 5.75 Å². The number of carbonyl (C=O) groups excluding carboxylic acids is 1. The van der Waals surface area contributed by atoms with Crippen molar-refractivity contribution >= 4 is 28.2 Å². The zero-order valence-electron chi connectivity index (χ0n) is 20.1. The molecule has 1 aliphatic rings. The van der Waals surface area contributed by atoms with Gasteiger partial charge in [-0.3, -0.25) is 9.59 Å². The molecular formula is C26H31FN4O3. The fourth-order valence-corrected chi connectivity index (χ4v) is 4.49. The number of fused-ring (bicyclic) bond motifs is 1. The summed E-state index contributed by atoms with van der Waals surface area (Å²) in [4.78, 5) is 31.2. The fraction of sp³-hybridized carbons (Fsp3) is 0.385. The van der Waals surface area contributed by atoms with E-state index in [0.29, 0.717) is 41.9 Å². The van der Waals surface area contributed by atoms with Gasteiger partial charge < -0.3 is 24.4 Å². The summed E-state index contributed by atoms with van der Waals surface area (Å²) in [6.45, 7) is 7.35. The molecule has 1 aromatic heterocycles. The van der Waals surface area contributed by atoms with Crippen LogP contribution in [0.15, 0.2) is 47.3 Å². The summed E-state index contributed by atoms with van der Waals surface area (Å²) in [6.07, 6.45) is 0. The number of methoxy groups -OCH3 is 1. The number of para-hydroxylation sites is 2. The molecule has 1 saturated heterocycles. The maximum Gasteiger partial charge on any atom is 0.267 e. The number of pyridine rings is 1. The molecule has 0 aliphatic carbocycles. The topological polar surface area (TPSA) is 66.8 Å². The van der Waals surface area contributed by atoms with E-state index >= 15 is 0 Å². The number of nitrogens with one attached hydrogen (secondary N) is 1. The van der Waals surface area contributed by atoms with E-state index in [1.165, 1.54) is 13.2 Å². The van der Waals surface area contributed by atoms with Crippen LogP contribution in [0, 0.1) is 11.7 Å². The molecule has 4 rings (SSSR count). The van der Waals surface area contributed by atoms with E-state index in [1.807, 2.05) is 50.1 Å². The highest BCUT2D eigenvalue weighted by Gasteiger charge is 2.26. The minimum atomic E-state index is -0.619. The second kappa shape index (κ2) is 9.85. The van der Waals surface area contributed by atoms with Crippen molar-refractivity contribution in [3.63, 3.8) is 0 Å². The molecule has 0 unspecified atom stereocenters. The highest BCUT2D eigenvalue weighted by Crippen LogP contribution is 2.32. The van der Waals surface area contributed by atoms with Crippen LogP contribution in [-0.4, -0.2) is 55.7 Å². The Morgan fingerprint density at radius 2 is 1.79 bits per heavy atom. The Kier molecular flexibility index (Phi) is 6.88. The van der Waals surface area contributed by atoms with Gasteiger partial charge in [0.05, 0.1) is 24.0 Å². The Labute approximate surface area is 198 Å². The fourth-order valence-electron chi connectivity index (χ4n) is 4.49. The highest BCUT2D eigenvalue weighted by molar-refractivity contribution is 6.10. The number of hydrogen-bond donors (Lipinski definition) is 1. The van der Waals surface area contributed by atoms with Crippen LogP contribution in [-0.2, 0) is 6.54 Å². The van der Waals surface area contributed by atoms with Crippen molar-refractivity contribution in [1.82, 2.24) is 9.47 Å². The number of carbonyl (C=O) groups is 1. The maximum atomic E-state index is 14.9. The van der Waals surface area contributed by atoms with E-state index in [2.05, 4.69) is 10.2 Å². The molecule has 180 valence electrons. The summed E-state index contributed by atoms with van der Waals surface area (Å²) in [7, 11) is 3.47. The Bertz CT molecular complexity index is 1260. The lowest BCUT2D eigenvalue weighted by molar-refractivity contribution is 0.102. The van der Waals surface area contributed by atoms with Crippen LogP contribution in [0.4, 0.5) is 15.8 Å². The van der Waals surface area contributed by atoms with Crippen molar-refractivity contribution in [2.75, 3.05) is 50.6 Å². The van der Waals surface area contributed by atoms with E-state index in [-0.39, 0.29) is 17.2 Å². The summed E-state index contributed by atoms with van der Waals surface area (Å²) in [5.74, 6) is -0.621. The molecule has 1 N–H and O–H groups in total. The third-order valence-electron chi connectivity index (χ3n) is 6.16. The first kappa shape index (κ1) is 23.8. The number of piperazine rings is 1. The molecule has 34 heavy (non-hydrogen) atoms. The van der Waals surface area contributed by atoms with Crippen molar-refractivity contribution in [3.8, 4) is 5.75 Å². The zero-order chi connectivity index (χ0) is 24.4. The second-order valence-electron chi connectivity index (χ2n) is 9.12. The van der Waals surface area contributed by atoms with Gasteiger partial charge in [0.1, 0.15) is 17.1 Å². The van der Waals surface area contributed by atoms with Crippen molar-refractivity contribution in [2.45, 2.75) is 20.4 Å². The standard InChI is InChI=1S/C26H31FN4O3/c1-17(2)16-31-21-11-6-5-8-18(21)24(34-4)22(26(31)33)25(32)28-20-10-7-9-19(27)23(20)30-14-12-29(3)13-15-30/h5-11,17H,12-16H2,1-4H3,(H,28,32). The summed E-state index contributed by atoms with van der Waals surface area (Å²) < 4.78 is 22.1. The number of anilines is 2. The minimum absolute atomic E-state index is 0.0876. The minimum Gasteiger partial charge on any atom is -0.495 e. The van der Waals surface area contributed by atoms with Gasteiger partial charge in [0, 0.05) is 38.1 Å². The number of ether oxygens (including phenoxy) is 1. The van der Waals surface area contributed by atoms with Crippen molar-refractivity contribution in [1.29, 1.82) is 0 Å². The van der Waals surface area contributed by atoms with Gasteiger partial charge >= 0.3 is 0 Å². The summed E-state index contributed by atoms with van der Waals surface area (Å²) >= 11 is 0. The van der Waals surface area contributed by atoms with Gasteiger partial charge in [-0.05, 0) is 37.2 Å². The molecule has 0 radical (unpaired) electrons. The van der Waals surface area contributed by atoms with Crippen LogP contribution in [0.1, 0.15) is 24.2 Å². The lowest BCUT2D eigenvalue weighted by Gasteiger charge is -2.35. The Morgan fingerprint density at radius 3 is 2.47 bits per heavy atom. The summed E-state index contributed by atoms with van der Waals surface area (Å²) in [6, 6.07) is 12.0. The first-order valence-electron chi connectivity index (χ1n) is 11.5. The smallest absolute Gasteiger partial charge is 0.267 e. The molecule has 0 bridgehead atoms. The largest absolute Gasteiger partial charge is 0.495 e. The molecule has 1 amide bonds. The number of nitrogens with zero attached hydrogens (tertiary/aromatic N) is 3. The van der Waals surface area contributed by atoms with Gasteiger partial charge in [-0.15, -0.1) is 0 Å². The van der Waals surface area contributed by atoms with Crippen LogP contribution in [0.2, 0.25) is 0 Å². The maximum absolute atomic E-state index is 14.9. The number of rotatable bonds is 6. The van der Waals surface area contributed by atoms with Crippen molar-refractivity contribution < 1.29 is 13.9 Å². The van der Waals surface area contributed by atoms with Crippen LogP contribution < -0.4 is 20.5 Å². The normalized spacial score (nSPS) is 14.6. The Balaban J connectivity index is 1.80. The summed E-state index contributed by atoms with van der Waals surface area (Å²) in [5.41, 5.74) is 0.860. The molecule has 2 heterocycles. The van der Waals surface area contributed by atoms with Crippen LogP contribution >= 0.6 is 0 Å². The van der Waals surface area contributed by atoms with Crippen LogP contribution in [0.3, 0.4) is 0 Å². The van der Waals surface area contributed by atoms with E-state index in [9.17, 15) is 14.0 Å². The third kappa shape index (κ3) is 4.50. The van der Waals surface area contributed by atoms with E-state index in [0.717, 1.165) is 13.1 Å². The summed E-state index contributed by atoms with van der Waals surface area (Å²) in [5, 5.41) is 3.48. The SMILES string of the molecule is COc1c(C(=O)Nc2cccc(F)c2N2CCN(C)CC2)c(=O)n(CC(C)C)c2ccccc12. The van der Waals surface area contributed by atoms with Gasteiger partial charge in [0.25, 0.3) is 11.5 Å². The molecular weight excluding hydrogens is 435 g/mol. The first-order chi connectivity index (χ1) is 16.3. The quantitative estimate of drug-likeness (QED) is 0.599. The van der Waals surface area contributed by atoms with Crippen molar-refractivity contribution in [3.05, 3.63) is 64.2 Å². The lowest BCUT2D eigenvalue weighted by Crippen LogP contribution is -2.45. The average Bonchev–Trinajstić information content (AvgIpc) is 2.81. The lowest BCUT2D eigenvalue weighted by atomic mass is 10.1. The Morgan fingerprint density at radius 1 is 1.09 bits per heavy atom. The molecule has 0 atom stereocenters. The van der Waals surface area contributed by atoms with Crippen molar-refractivity contribution in [2.24, 2.45) is 5.92 Å². The van der Waals surface area contributed by atoms with E-state index in [4.69, 9.17) is 4.74 Å². The first-order valence-corrected chi connectivity index (χ1v) is 11.5. The van der Waals surface area contributed by atoms with Crippen LogP contribution in [0.25, 0.3) is 10.9 Å². The highest BCUT2D eigenvalue weighted by atomic mass is 19.1. The zero-order valence-corrected chi connectivity index (χ0v) is 20.1. The number of likely N-dealkylation sites (N-methyl/N-ethyl adjacent to an activating group) is 1. The molecule has 0 spiro atoms. The molecule has 0 saturated carbocycles. The number of benzene rings is 2. The van der Waals surface area contributed by atoms with Gasteiger partial charge in [0.2, 0.25) is 0 Å². The van der Waals surface area contributed by atoms with Gasteiger partial charge in [-0.25, -0.2) is 4.39 Å². The van der Waals surface area contributed by atoms with Gasteiger partial charge in [0.15, 0.2) is 0 Å². The average molecular weight is 467 g/mol. The molecule has 8 heteroatoms. The number of amides is 1. The monoisotopic (exact) mass is 466 g/mol. The van der Waals surface area contributed by atoms with E-state index in [1.54, 1.807) is 16.7 Å². The second-order valence-corrected chi connectivity index (χ2v) is 9.12. The third-order valence-corrected chi connectivity index (χ3v) is 6.16. The molecule has 3 aromatic rings. The van der Waals surface area contributed by atoms with Gasteiger partial charge in [-0.1, -0.05) is 32.0 Å². The van der Waals surface area contributed by atoms with Gasteiger partial charge in [-0.2, -0.15) is 0 Å². The number of hydrogen-bond acceptors (Lipinski definition) is 5. The molecule has 1 fully saturated rings. The predicted octanol–water partition coefficient (Wildman–Crippen LogP) is 3.81. The number of halogens is 1. The molecule has 2 aromatic carbocycles. The molecule has 1 aliphatic heterocycles. The molecule has 7 nitrogen and oxygen atoms in total. The Hall–Kier alpha value is -3.39. The number of aromatic nitrogens is 1.